The topological polar surface area (TPSA) is 50.1 Å². The fraction of sp³-hybridized carbons (Fsp3) is 0.0667. The van der Waals surface area contributed by atoms with E-state index in [9.17, 15) is 4.79 Å². The lowest BCUT2D eigenvalue weighted by Gasteiger charge is -2.07. The third-order valence-corrected chi connectivity index (χ3v) is 2.48. The van der Waals surface area contributed by atoms with Crippen molar-refractivity contribution in [2.24, 2.45) is 0 Å². The first-order chi connectivity index (χ1) is 8.70. The molecule has 3 nitrogen and oxygen atoms in total. The molecule has 88 valence electrons. The number of nitriles is 1. The van der Waals surface area contributed by atoms with Crippen molar-refractivity contribution < 1.29 is 9.53 Å². The minimum absolute atomic E-state index is 0.0194. The second-order valence-corrected chi connectivity index (χ2v) is 3.79. The highest BCUT2D eigenvalue weighted by molar-refractivity contribution is 5.94. The summed E-state index contributed by atoms with van der Waals surface area (Å²) in [5.74, 6) is 1.01. The maximum Gasteiger partial charge on any atom is 0.159 e. The highest BCUT2D eigenvalue weighted by Gasteiger charge is 2.05. The molecule has 0 aromatic heterocycles. The largest absolute Gasteiger partial charge is 0.456 e. The van der Waals surface area contributed by atoms with Crippen molar-refractivity contribution in [2.45, 2.75) is 6.92 Å². The Bertz CT molecular complexity index is 626. The van der Waals surface area contributed by atoms with Gasteiger partial charge in [0, 0.05) is 5.56 Å². The van der Waals surface area contributed by atoms with Gasteiger partial charge in [-0.3, -0.25) is 4.79 Å². The van der Waals surface area contributed by atoms with E-state index >= 15 is 0 Å². The molecular weight excluding hydrogens is 226 g/mol. The van der Waals surface area contributed by atoms with Gasteiger partial charge in [0.2, 0.25) is 0 Å². The molecule has 0 saturated carbocycles. The number of para-hydroxylation sites is 1. The number of carbonyl (C=O) groups excluding carboxylic acids is 1. The molecule has 0 radical (unpaired) electrons. The zero-order valence-electron chi connectivity index (χ0n) is 9.88. The normalized spacial score (nSPS) is 9.56. The predicted octanol–water partition coefficient (Wildman–Crippen LogP) is 3.55. The highest BCUT2D eigenvalue weighted by atomic mass is 16.5. The van der Waals surface area contributed by atoms with Crippen LogP contribution in [0.4, 0.5) is 0 Å². The van der Waals surface area contributed by atoms with E-state index in [1.807, 2.05) is 0 Å². The molecule has 0 heterocycles. The molecule has 2 rings (SSSR count). The number of rotatable bonds is 3. The van der Waals surface area contributed by atoms with E-state index in [4.69, 9.17) is 10.00 Å². The second kappa shape index (κ2) is 5.15. The van der Waals surface area contributed by atoms with Crippen molar-refractivity contribution in [3.8, 4) is 17.6 Å². The molecule has 0 amide bonds. The van der Waals surface area contributed by atoms with Crippen LogP contribution < -0.4 is 4.74 Å². The van der Waals surface area contributed by atoms with Crippen LogP contribution in [0.25, 0.3) is 0 Å². The van der Waals surface area contributed by atoms with Crippen LogP contribution >= 0.6 is 0 Å². The summed E-state index contributed by atoms with van der Waals surface area (Å²) in [7, 11) is 0. The number of carbonyl (C=O) groups is 1. The molecule has 0 aliphatic heterocycles. The highest BCUT2D eigenvalue weighted by Crippen LogP contribution is 2.25. The Morgan fingerprint density at radius 2 is 1.94 bits per heavy atom. The predicted molar refractivity (Wildman–Crippen MR) is 67.7 cm³/mol. The second-order valence-electron chi connectivity index (χ2n) is 3.79. The Balaban J connectivity index is 2.32. The van der Waals surface area contributed by atoms with Gasteiger partial charge in [0.25, 0.3) is 0 Å². The molecule has 0 aliphatic carbocycles. The SMILES string of the molecule is CC(=O)c1cccc(Oc2ccccc2C#N)c1. The molecular formula is C15H11NO2. The maximum atomic E-state index is 11.3. The van der Waals surface area contributed by atoms with Crippen LogP contribution in [0.1, 0.15) is 22.8 Å². The van der Waals surface area contributed by atoms with Crippen LogP contribution in [0.2, 0.25) is 0 Å². The Morgan fingerprint density at radius 3 is 2.67 bits per heavy atom. The van der Waals surface area contributed by atoms with Gasteiger partial charge in [-0.1, -0.05) is 24.3 Å². The number of nitrogens with zero attached hydrogens (tertiary/aromatic N) is 1. The minimum atomic E-state index is -0.0194. The number of benzene rings is 2. The standard InChI is InChI=1S/C15H11NO2/c1-11(17)12-6-4-7-14(9-12)18-15-8-3-2-5-13(15)10-16/h2-9H,1H3. The first-order valence-corrected chi connectivity index (χ1v) is 5.48. The number of Topliss-reactive ketones (excluding diaryl/α,β-unsaturated/α-hetero) is 1. The van der Waals surface area contributed by atoms with Gasteiger partial charge in [0.15, 0.2) is 5.78 Å². The van der Waals surface area contributed by atoms with E-state index < -0.39 is 0 Å². The van der Waals surface area contributed by atoms with E-state index in [-0.39, 0.29) is 5.78 Å². The number of ketones is 1. The smallest absolute Gasteiger partial charge is 0.159 e. The van der Waals surface area contributed by atoms with Crippen LogP contribution in [0.5, 0.6) is 11.5 Å². The molecule has 0 N–H and O–H groups in total. The number of hydrogen-bond donors (Lipinski definition) is 0. The molecule has 0 aliphatic rings. The first kappa shape index (κ1) is 11.9. The Kier molecular flexibility index (Phi) is 3.40. The maximum absolute atomic E-state index is 11.3. The monoisotopic (exact) mass is 237 g/mol. The van der Waals surface area contributed by atoms with E-state index in [2.05, 4.69) is 6.07 Å². The summed E-state index contributed by atoms with van der Waals surface area (Å²) in [6.45, 7) is 1.50. The molecule has 2 aromatic rings. The van der Waals surface area contributed by atoms with Crippen molar-refractivity contribution in [1.29, 1.82) is 5.26 Å². The molecule has 0 atom stereocenters. The van der Waals surface area contributed by atoms with Gasteiger partial charge in [-0.05, 0) is 31.2 Å². The quantitative estimate of drug-likeness (QED) is 0.767. The summed E-state index contributed by atoms with van der Waals surface area (Å²) in [6, 6.07) is 15.9. The summed E-state index contributed by atoms with van der Waals surface area (Å²) in [5.41, 5.74) is 1.05. The zero-order valence-corrected chi connectivity index (χ0v) is 9.88. The average molecular weight is 237 g/mol. The fourth-order valence-corrected chi connectivity index (χ4v) is 1.55. The average Bonchev–Trinajstić information content (AvgIpc) is 2.39. The van der Waals surface area contributed by atoms with Gasteiger partial charge >= 0.3 is 0 Å². The lowest BCUT2D eigenvalue weighted by Crippen LogP contribution is -1.93. The Labute approximate surface area is 105 Å². The van der Waals surface area contributed by atoms with Gasteiger partial charge in [0.1, 0.15) is 17.6 Å². The summed E-state index contributed by atoms with van der Waals surface area (Å²) >= 11 is 0. The Morgan fingerprint density at radius 1 is 1.17 bits per heavy atom. The van der Waals surface area contributed by atoms with Crippen molar-refractivity contribution in [3.63, 3.8) is 0 Å². The fourth-order valence-electron chi connectivity index (χ4n) is 1.55. The minimum Gasteiger partial charge on any atom is -0.456 e. The number of ether oxygens (including phenoxy) is 1. The summed E-state index contributed by atoms with van der Waals surface area (Å²) in [4.78, 5) is 11.3. The molecule has 0 saturated heterocycles. The van der Waals surface area contributed by atoms with Crippen molar-refractivity contribution in [2.75, 3.05) is 0 Å². The van der Waals surface area contributed by atoms with Gasteiger partial charge in [-0.25, -0.2) is 0 Å². The van der Waals surface area contributed by atoms with Gasteiger partial charge in [-0.15, -0.1) is 0 Å². The van der Waals surface area contributed by atoms with Crippen LogP contribution in [0.15, 0.2) is 48.5 Å². The van der Waals surface area contributed by atoms with Crippen LogP contribution in [-0.2, 0) is 0 Å². The third kappa shape index (κ3) is 2.55. The van der Waals surface area contributed by atoms with Crippen LogP contribution in [0, 0.1) is 11.3 Å². The van der Waals surface area contributed by atoms with E-state index in [1.165, 1.54) is 6.92 Å². The summed E-state index contributed by atoms with van der Waals surface area (Å²) in [6.07, 6.45) is 0. The first-order valence-electron chi connectivity index (χ1n) is 5.48. The molecule has 0 unspecified atom stereocenters. The molecule has 3 heteroatoms. The van der Waals surface area contributed by atoms with Crippen molar-refractivity contribution >= 4 is 5.78 Å². The summed E-state index contributed by atoms with van der Waals surface area (Å²) < 4.78 is 5.62. The van der Waals surface area contributed by atoms with E-state index in [0.29, 0.717) is 22.6 Å². The van der Waals surface area contributed by atoms with Gasteiger partial charge in [0.05, 0.1) is 5.56 Å². The van der Waals surface area contributed by atoms with Crippen LogP contribution in [-0.4, -0.2) is 5.78 Å². The lowest BCUT2D eigenvalue weighted by atomic mass is 10.1. The van der Waals surface area contributed by atoms with E-state index in [0.717, 1.165) is 0 Å². The molecule has 0 bridgehead atoms. The van der Waals surface area contributed by atoms with E-state index in [1.54, 1.807) is 48.5 Å². The Hall–Kier alpha value is -2.60. The molecule has 0 spiro atoms. The van der Waals surface area contributed by atoms with Crippen molar-refractivity contribution in [1.82, 2.24) is 0 Å². The van der Waals surface area contributed by atoms with Crippen LogP contribution in [0.3, 0.4) is 0 Å². The summed E-state index contributed by atoms with van der Waals surface area (Å²) in [5, 5.41) is 8.96. The number of hydrogen-bond acceptors (Lipinski definition) is 3. The van der Waals surface area contributed by atoms with Gasteiger partial charge in [-0.2, -0.15) is 5.26 Å². The zero-order chi connectivity index (χ0) is 13.0. The van der Waals surface area contributed by atoms with Gasteiger partial charge < -0.3 is 4.74 Å². The molecule has 2 aromatic carbocycles. The molecule has 0 fully saturated rings. The molecule has 18 heavy (non-hydrogen) atoms. The van der Waals surface area contributed by atoms with Crippen molar-refractivity contribution in [3.05, 3.63) is 59.7 Å². The lowest BCUT2D eigenvalue weighted by molar-refractivity contribution is 0.101. The third-order valence-electron chi connectivity index (χ3n) is 2.48.